The van der Waals surface area contributed by atoms with E-state index in [4.69, 9.17) is 0 Å². The molecule has 30 heavy (non-hydrogen) atoms. The number of amides is 2. The highest BCUT2D eigenvalue weighted by Gasteiger charge is 2.39. The van der Waals surface area contributed by atoms with Crippen molar-refractivity contribution < 1.29 is 18.0 Å². The molecule has 4 rings (SSSR count). The second-order valence-corrected chi connectivity index (χ2v) is 8.81. The Hall–Kier alpha value is -3.30. The monoisotopic (exact) mass is 424 g/mol. The molecule has 2 aromatic carbocycles. The van der Waals surface area contributed by atoms with Crippen LogP contribution in [0, 0.1) is 0 Å². The maximum absolute atomic E-state index is 12.9. The van der Waals surface area contributed by atoms with E-state index in [1.807, 2.05) is 18.2 Å². The first-order valence-corrected chi connectivity index (χ1v) is 10.9. The zero-order valence-corrected chi connectivity index (χ0v) is 16.8. The Morgan fingerprint density at radius 1 is 0.933 bits per heavy atom. The molecule has 9 heteroatoms. The van der Waals surface area contributed by atoms with Crippen LogP contribution in [0.15, 0.2) is 71.6 Å². The molecule has 0 radical (unpaired) electrons. The summed E-state index contributed by atoms with van der Waals surface area (Å²) >= 11 is 0. The van der Waals surface area contributed by atoms with Crippen LogP contribution in [0.4, 0.5) is 0 Å². The lowest BCUT2D eigenvalue weighted by molar-refractivity contribution is -0.125. The first-order chi connectivity index (χ1) is 14.5. The molecule has 1 saturated heterocycles. The molecule has 1 fully saturated rings. The highest BCUT2D eigenvalue weighted by Crippen LogP contribution is 2.26. The van der Waals surface area contributed by atoms with Gasteiger partial charge >= 0.3 is 0 Å². The van der Waals surface area contributed by atoms with Gasteiger partial charge in [-0.15, -0.1) is 0 Å². The summed E-state index contributed by atoms with van der Waals surface area (Å²) in [5, 5.41) is 0.894. The van der Waals surface area contributed by atoms with E-state index in [0.29, 0.717) is 18.4 Å². The third kappa shape index (κ3) is 3.89. The fraction of sp³-hybridized carbons (Fsp3) is 0.190. The predicted octanol–water partition coefficient (Wildman–Crippen LogP) is 1.85. The zero-order chi connectivity index (χ0) is 21.1. The van der Waals surface area contributed by atoms with Gasteiger partial charge in [-0.2, -0.15) is 4.31 Å². The van der Waals surface area contributed by atoms with Crippen LogP contribution >= 0.6 is 0 Å². The van der Waals surface area contributed by atoms with Gasteiger partial charge in [-0.3, -0.25) is 20.4 Å². The molecule has 2 heterocycles. The van der Waals surface area contributed by atoms with Crippen molar-refractivity contribution in [2.75, 3.05) is 6.54 Å². The number of hydrogen-bond acceptors (Lipinski definition) is 5. The number of aromatic nitrogens is 1. The van der Waals surface area contributed by atoms with Crippen LogP contribution in [0.5, 0.6) is 0 Å². The summed E-state index contributed by atoms with van der Waals surface area (Å²) in [7, 11) is -3.80. The molecule has 1 aromatic heterocycles. The van der Waals surface area contributed by atoms with E-state index in [1.165, 1.54) is 16.4 Å². The van der Waals surface area contributed by atoms with Gasteiger partial charge in [0.05, 0.1) is 10.4 Å². The third-order valence-electron chi connectivity index (χ3n) is 4.99. The summed E-state index contributed by atoms with van der Waals surface area (Å²) in [5.41, 5.74) is 5.48. The van der Waals surface area contributed by atoms with Gasteiger partial charge < -0.3 is 0 Å². The third-order valence-corrected chi connectivity index (χ3v) is 6.91. The minimum atomic E-state index is -3.80. The molecule has 1 aliphatic heterocycles. The Morgan fingerprint density at radius 2 is 1.67 bits per heavy atom. The maximum atomic E-state index is 12.9. The van der Waals surface area contributed by atoms with Crippen LogP contribution in [0.25, 0.3) is 10.9 Å². The van der Waals surface area contributed by atoms with Crippen molar-refractivity contribution in [3.05, 3.63) is 72.4 Å². The number of para-hydroxylation sites is 1. The second kappa shape index (κ2) is 8.21. The average Bonchev–Trinajstić information content (AvgIpc) is 3.28. The number of hydrogen-bond donors (Lipinski definition) is 2. The largest absolute Gasteiger partial charge is 0.288 e. The van der Waals surface area contributed by atoms with Gasteiger partial charge in [0.25, 0.3) is 11.8 Å². The highest BCUT2D eigenvalue weighted by atomic mass is 32.2. The van der Waals surface area contributed by atoms with Crippen molar-refractivity contribution in [2.45, 2.75) is 23.8 Å². The number of fused-ring (bicyclic) bond motifs is 1. The zero-order valence-electron chi connectivity index (χ0n) is 16.0. The number of carbonyl (C=O) groups excluding carboxylic acids is 2. The summed E-state index contributed by atoms with van der Waals surface area (Å²) in [6.07, 6.45) is 0.937. The Bertz CT molecular complexity index is 1200. The van der Waals surface area contributed by atoms with Gasteiger partial charge in [-0.25, -0.2) is 13.4 Å². The van der Waals surface area contributed by atoms with Crippen molar-refractivity contribution in [1.29, 1.82) is 0 Å². The van der Waals surface area contributed by atoms with Crippen molar-refractivity contribution in [3.8, 4) is 0 Å². The summed E-state index contributed by atoms with van der Waals surface area (Å²) in [5.74, 6) is -1.16. The van der Waals surface area contributed by atoms with E-state index in [2.05, 4.69) is 15.8 Å². The average molecular weight is 424 g/mol. The van der Waals surface area contributed by atoms with Gasteiger partial charge in [0.2, 0.25) is 10.0 Å². The van der Waals surface area contributed by atoms with Crippen molar-refractivity contribution in [3.63, 3.8) is 0 Å². The fourth-order valence-electron chi connectivity index (χ4n) is 3.48. The quantitative estimate of drug-likeness (QED) is 0.622. The van der Waals surface area contributed by atoms with Crippen LogP contribution in [-0.4, -0.2) is 42.1 Å². The molecule has 2 N–H and O–H groups in total. The standard InChI is InChI=1S/C21H20N4O4S/c26-20(18-13-12-15-7-4-5-10-17(15)22-18)23-24-21(27)19-11-6-14-25(19)30(28,29)16-8-2-1-3-9-16/h1-5,7-10,12-13,19H,6,11,14H2,(H,23,26)(H,24,27)/t19-/m1/s1. The Balaban J connectivity index is 1.44. The first kappa shape index (κ1) is 20.0. The molecule has 3 aromatic rings. The van der Waals surface area contributed by atoms with E-state index < -0.39 is 27.9 Å². The molecule has 0 bridgehead atoms. The van der Waals surface area contributed by atoms with Crippen molar-refractivity contribution in [2.24, 2.45) is 0 Å². The van der Waals surface area contributed by atoms with Gasteiger partial charge in [-0.05, 0) is 37.1 Å². The first-order valence-electron chi connectivity index (χ1n) is 9.50. The van der Waals surface area contributed by atoms with Crippen molar-refractivity contribution >= 4 is 32.7 Å². The molecule has 0 saturated carbocycles. The van der Waals surface area contributed by atoms with Crippen LogP contribution in [0.1, 0.15) is 23.3 Å². The Morgan fingerprint density at radius 3 is 2.47 bits per heavy atom. The van der Waals surface area contributed by atoms with Crippen LogP contribution < -0.4 is 10.9 Å². The van der Waals surface area contributed by atoms with Gasteiger partial charge in [0.15, 0.2) is 0 Å². The summed E-state index contributed by atoms with van der Waals surface area (Å²) < 4.78 is 26.9. The van der Waals surface area contributed by atoms with E-state index >= 15 is 0 Å². The number of nitrogens with zero attached hydrogens (tertiary/aromatic N) is 2. The van der Waals surface area contributed by atoms with E-state index in [0.717, 1.165) is 5.39 Å². The summed E-state index contributed by atoms with van der Waals surface area (Å²) in [6.45, 7) is 0.246. The van der Waals surface area contributed by atoms with Gasteiger partial charge in [0, 0.05) is 11.9 Å². The molecule has 8 nitrogen and oxygen atoms in total. The summed E-state index contributed by atoms with van der Waals surface area (Å²) in [6, 6.07) is 17.8. The topological polar surface area (TPSA) is 108 Å². The van der Waals surface area contributed by atoms with Crippen LogP contribution in [0.3, 0.4) is 0 Å². The SMILES string of the molecule is O=C(NNC(=O)[C@H]1CCCN1S(=O)(=O)c1ccccc1)c1ccc2ccccc2n1. The molecular formula is C21H20N4O4S. The predicted molar refractivity (Wildman–Crippen MR) is 111 cm³/mol. The van der Waals surface area contributed by atoms with Crippen LogP contribution in [-0.2, 0) is 14.8 Å². The normalized spacial score (nSPS) is 17.0. The molecule has 2 amide bonds. The number of sulfonamides is 1. The number of hydrazine groups is 1. The molecule has 0 unspecified atom stereocenters. The minimum absolute atomic E-state index is 0.133. The van der Waals surface area contributed by atoms with Gasteiger partial charge in [-0.1, -0.05) is 42.5 Å². The lowest BCUT2D eigenvalue weighted by atomic mass is 10.2. The molecule has 1 aliphatic rings. The van der Waals surface area contributed by atoms with Gasteiger partial charge in [0.1, 0.15) is 11.7 Å². The maximum Gasteiger partial charge on any atom is 0.288 e. The lowest BCUT2D eigenvalue weighted by Gasteiger charge is -2.23. The highest BCUT2D eigenvalue weighted by molar-refractivity contribution is 7.89. The summed E-state index contributed by atoms with van der Waals surface area (Å²) in [4.78, 5) is 29.4. The number of rotatable bonds is 4. The van der Waals surface area contributed by atoms with Crippen LogP contribution in [0.2, 0.25) is 0 Å². The number of benzene rings is 2. The number of pyridine rings is 1. The number of nitrogens with one attached hydrogen (secondary N) is 2. The minimum Gasteiger partial charge on any atom is -0.271 e. The van der Waals surface area contributed by atoms with E-state index in [9.17, 15) is 18.0 Å². The Labute approximate surface area is 173 Å². The second-order valence-electron chi connectivity index (χ2n) is 6.92. The van der Waals surface area contributed by atoms with Crippen molar-refractivity contribution in [1.82, 2.24) is 20.1 Å². The molecular weight excluding hydrogens is 404 g/mol. The molecule has 1 atom stereocenters. The number of carbonyl (C=O) groups is 2. The van der Waals surface area contributed by atoms with E-state index in [1.54, 1.807) is 36.4 Å². The Kier molecular flexibility index (Phi) is 5.47. The molecule has 0 aliphatic carbocycles. The fourth-order valence-corrected chi connectivity index (χ4v) is 5.15. The molecule has 0 spiro atoms. The molecule has 154 valence electrons. The van der Waals surface area contributed by atoms with E-state index in [-0.39, 0.29) is 17.1 Å². The lowest BCUT2D eigenvalue weighted by Crippen LogP contribution is -2.51. The smallest absolute Gasteiger partial charge is 0.271 e.